The number of carbonyl (C=O) groups is 2. The predicted molar refractivity (Wildman–Crippen MR) is 102 cm³/mol. The lowest BCUT2D eigenvalue weighted by molar-refractivity contribution is -0.115. The van der Waals surface area contributed by atoms with E-state index in [1.807, 2.05) is 36.4 Å². The van der Waals surface area contributed by atoms with E-state index in [2.05, 4.69) is 15.5 Å². The van der Waals surface area contributed by atoms with Crippen LogP contribution in [0.15, 0.2) is 54.6 Å². The maximum absolute atomic E-state index is 12.2. The first kappa shape index (κ1) is 17.0. The Hall–Kier alpha value is -3.41. The second-order valence-corrected chi connectivity index (χ2v) is 6.76. The lowest BCUT2D eigenvalue weighted by atomic mass is 9.98. The summed E-state index contributed by atoms with van der Waals surface area (Å²) in [5.41, 5.74) is 3.64. The third-order valence-electron chi connectivity index (χ3n) is 4.67. The minimum Gasteiger partial charge on any atom is -0.478 e. The molecule has 1 aliphatic rings. The molecule has 6 heteroatoms. The molecule has 1 fully saturated rings. The molecule has 1 heterocycles. The van der Waals surface area contributed by atoms with E-state index in [4.69, 9.17) is 0 Å². The van der Waals surface area contributed by atoms with Crippen molar-refractivity contribution in [1.82, 2.24) is 10.2 Å². The molecule has 2 aromatic carbocycles. The third-order valence-corrected chi connectivity index (χ3v) is 4.67. The number of carboxylic acid groups (broad SMARTS) is 1. The van der Waals surface area contributed by atoms with Crippen LogP contribution >= 0.6 is 0 Å². The average Bonchev–Trinajstić information content (AvgIpc) is 3.42. The van der Waals surface area contributed by atoms with Crippen LogP contribution in [0.1, 0.15) is 40.4 Å². The molecule has 1 saturated carbocycles. The Kier molecular flexibility index (Phi) is 4.46. The number of H-pyrrole nitrogens is 1. The first-order valence-corrected chi connectivity index (χ1v) is 8.87. The average molecular weight is 361 g/mol. The Morgan fingerprint density at radius 2 is 1.85 bits per heavy atom. The first-order chi connectivity index (χ1) is 13.1. The summed E-state index contributed by atoms with van der Waals surface area (Å²) >= 11 is 0. The number of rotatable bonds is 6. The number of hydrogen-bond acceptors (Lipinski definition) is 3. The van der Waals surface area contributed by atoms with E-state index in [1.54, 1.807) is 18.2 Å². The highest BCUT2D eigenvalue weighted by molar-refractivity contribution is 5.96. The van der Waals surface area contributed by atoms with E-state index in [0.29, 0.717) is 17.3 Å². The quantitative estimate of drug-likeness (QED) is 0.622. The fourth-order valence-corrected chi connectivity index (χ4v) is 3.10. The SMILES string of the molecule is O=C(Cc1ccc(-c2ccccc2C(=O)O)cc1)Nc1cc(C2CC2)[nH]n1. The van der Waals surface area contributed by atoms with Gasteiger partial charge in [-0.2, -0.15) is 5.10 Å². The number of carbonyl (C=O) groups excluding carboxylic acids is 1. The lowest BCUT2D eigenvalue weighted by Gasteiger charge is -2.07. The molecule has 0 saturated heterocycles. The second-order valence-electron chi connectivity index (χ2n) is 6.76. The first-order valence-electron chi connectivity index (χ1n) is 8.87. The van der Waals surface area contributed by atoms with Crippen molar-refractivity contribution in [3.05, 3.63) is 71.4 Å². The van der Waals surface area contributed by atoms with Gasteiger partial charge in [0.1, 0.15) is 0 Å². The summed E-state index contributed by atoms with van der Waals surface area (Å²) in [6, 6.07) is 16.1. The molecule has 27 heavy (non-hydrogen) atoms. The number of nitrogens with one attached hydrogen (secondary N) is 2. The number of aromatic nitrogens is 2. The predicted octanol–water partition coefficient (Wildman–Crippen LogP) is 3.83. The second kappa shape index (κ2) is 7.07. The van der Waals surface area contributed by atoms with Gasteiger partial charge < -0.3 is 10.4 Å². The number of aromatic carboxylic acids is 1. The van der Waals surface area contributed by atoms with Gasteiger partial charge in [0.15, 0.2) is 5.82 Å². The van der Waals surface area contributed by atoms with Gasteiger partial charge in [0.25, 0.3) is 0 Å². The van der Waals surface area contributed by atoms with Crippen molar-refractivity contribution in [3.8, 4) is 11.1 Å². The largest absolute Gasteiger partial charge is 0.478 e. The van der Waals surface area contributed by atoms with E-state index < -0.39 is 5.97 Å². The van der Waals surface area contributed by atoms with Gasteiger partial charge in [-0.1, -0.05) is 42.5 Å². The summed E-state index contributed by atoms with van der Waals surface area (Å²) in [6.45, 7) is 0. The van der Waals surface area contributed by atoms with Gasteiger partial charge in [-0.3, -0.25) is 9.89 Å². The van der Waals surface area contributed by atoms with Crippen molar-refractivity contribution in [2.45, 2.75) is 25.2 Å². The highest BCUT2D eigenvalue weighted by Gasteiger charge is 2.25. The molecule has 4 rings (SSSR count). The van der Waals surface area contributed by atoms with Crippen LogP contribution in [0.25, 0.3) is 11.1 Å². The van der Waals surface area contributed by atoms with Crippen LogP contribution in [0.5, 0.6) is 0 Å². The molecule has 3 aromatic rings. The van der Waals surface area contributed by atoms with E-state index in [9.17, 15) is 14.7 Å². The molecule has 0 spiro atoms. The Morgan fingerprint density at radius 3 is 2.56 bits per heavy atom. The van der Waals surface area contributed by atoms with Gasteiger partial charge in [0, 0.05) is 17.7 Å². The van der Waals surface area contributed by atoms with Gasteiger partial charge in [0.2, 0.25) is 5.91 Å². The van der Waals surface area contributed by atoms with E-state index in [1.165, 1.54) is 12.8 Å². The number of amides is 1. The Bertz CT molecular complexity index is 988. The summed E-state index contributed by atoms with van der Waals surface area (Å²) in [6.07, 6.45) is 2.58. The monoisotopic (exact) mass is 361 g/mol. The third kappa shape index (κ3) is 3.89. The minimum absolute atomic E-state index is 0.137. The maximum atomic E-state index is 12.2. The van der Waals surface area contributed by atoms with Crippen molar-refractivity contribution < 1.29 is 14.7 Å². The van der Waals surface area contributed by atoms with Gasteiger partial charge in [-0.15, -0.1) is 0 Å². The smallest absolute Gasteiger partial charge is 0.336 e. The number of anilines is 1. The highest BCUT2D eigenvalue weighted by atomic mass is 16.4. The molecule has 3 N–H and O–H groups in total. The van der Waals surface area contributed by atoms with Crippen LogP contribution < -0.4 is 5.32 Å². The number of aromatic amines is 1. The molecule has 0 radical (unpaired) electrons. The number of hydrogen-bond donors (Lipinski definition) is 3. The molecule has 0 aliphatic heterocycles. The molecule has 6 nitrogen and oxygen atoms in total. The van der Waals surface area contributed by atoms with Crippen molar-refractivity contribution in [2.24, 2.45) is 0 Å². The summed E-state index contributed by atoms with van der Waals surface area (Å²) in [7, 11) is 0. The summed E-state index contributed by atoms with van der Waals surface area (Å²) in [4.78, 5) is 23.6. The zero-order valence-electron chi connectivity index (χ0n) is 14.6. The topological polar surface area (TPSA) is 95.1 Å². The molecule has 136 valence electrons. The van der Waals surface area contributed by atoms with Crippen molar-refractivity contribution in [3.63, 3.8) is 0 Å². The fraction of sp³-hybridized carbons (Fsp3) is 0.190. The van der Waals surface area contributed by atoms with Crippen LogP contribution in [-0.4, -0.2) is 27.2 Å². The Labute approximate surface area is 156 Å². The van der Waals surface area contributed by atoms with E-state index >= 15 is 0 Å². The van der Waals surface area contributed by atoms with Crippen LogP contribution in [-0.2, 0) is 11.2 Å². The van der Waals surface area contributed by atoms with Gasteiger partial charge >= 0.3 is 5.97 Å². The van der Waals surface area contributed by atoms with Gasteiger partial charge in [0.05, 0.1) is 12.0 Å². The van der Waals surface area contributed by atoms with Crippen molar-refractivity contribution in [1.29, 1.82) is 0 Å². The maximum Gasteiger partial charge on any atom is 0.336 e. The number of benzene rings is 2. The lowest BCUT2D eigenvalue weighted by Crippen LogP contribution is -2.14. The fourth-order valence-electron chi connectivity index (χ4n) is 3.10. The molecular weight excluding hydrogens is 342 g/mol. The molecule has 1 aromatic heterocycles. The van der Waals surface area contributed by atoms with Gasteiger partial charge in [-0.25, -0.2) is 4.79 Å². The highest BCUT2D eigenvalue weighted by Crippen LogP contribution is 2.39. The molecule has 0 unspecified atom stereocenters. The van der Waals surface area contributed by atoms with Crippen LogP contribution in [0.4, 0.5) is 5.82 Å². The standard InChI is InChI=1S/C21H19N3O3/c25-20(22-19-12-18(23-24-19)15-9-10-15)11-13-5-7-14(8-6-13)16-3-1-2-4-17(16)21(26)27/h1-8,12,15H,9-11H2,(H,26,27)(H2,22,23,24,25). The summed E-state index contributed by atoms with van der Waals surface area (Å²) in [5, 5.41) is 19.2. The minimum atomic E-state index is -0.960. The van der Waals surface area contributed by atoms with Crippen LogP contribution in [0.3, 0.4) is 0 Å². The Morgan fingerprint density at radius 1 is 1.11 bits per heavy atom. The normalized spacial score (nSPS) is 13.3. The molecule has 1 amide bonds. The zero-order valence-corrected chi connectivity index (χ0v) is 14.6. The zero-order chi connectivity index (χ0) is 18.8. The van der Waals surface area contributed by atoms with Crippen LogP contribution in [0, 0.1) is 0 Å². The Balaban J connectivity index is 1.43. The summed E-state index contributed by atoms with van der Waals surface area (Å²) < 4.78 is 0. The number of nitrogens with zero attached hydrogens (tertiary/aromatic N) is 1. The van der Waals surface area contributed by atoms with Crippen LogP contribution in [0.2, 0.25) is 0 Å². The molecular formula is C21H19N3O3. The van der Waals surface area contributed by atoms with E-state index in [-0.39, 0.29) is 17.9 Å². The molecule has 0 atom stereocenters. The van der Waals surface area contributed by atoms with Gasteiger partial charge in [-0.05, 0) is 35.6 Å². The summed E-state index contributed by atoms with van der Waals surface area (Å²) in [5.74, 6) is 0.0134. The van der Waals surface area contributed by atoms with Crippen molar-refractivity contribution in [2.75, 3.05) is 5.32 Å². The molecule has 0 bridgehead atoms. The van der Waals surface area contributed by atoms with Crippen molar-refractivity contribution >= 4 is 17.7 Å². The van der Waals surface area contributed by atoms with E-state index in [0.717, 1.165) is 16.8 Å². The molecule has 1 aliphatic carbocycles. The number of carboxylic acids is 1.